The Bertz CT molecular complexity index is 830. The average Bonchev–Trinajstić information content (AvgIpc) is 2.71. The Morgan fingerprint density at radius 2 is 1.96 bits per heavy atom. The van der Waals surface area contributed by atoms with Crippen LogP contribution >= 0.6 is 0 Å². The Hall–Kier alpha value is -2.69. The molecular weight excluding hydrogens is 328 g/mol. The number of rotatable bonds is 2. The van der Waals surface area contributed by atoms with Gasteiger partial charge in [0.05, 0.1) is 20.2 Å². The van der Waals surface area contributed by atoms with E-state index in [9.17, 15) is 4.79 Å². The first-order valence-corrected chi connectivity index (χ1v) is 8.76. The van der Waals surface area contributed by atoms with E-state index in [2.05, 4.69) is 11.4 Å². The molecule has 1 aliphatic heterocycles. The van der Waals surface area contributed by atoms with Crippen molar-refractivity contribution in [2.24, 2.45) is 0 Å². The van der Waals surface area contributed by atoms with Gasteiger partial charge >= 0.3 is 6.03 Å². The maximum absolute atomic E-state index is 12.9. The predicted octanol–water partition coefficient (Wildman–Crippen LogP) is 4.52. The van der Waals surface area contributed by atoms with Crippen LogP contribution in [0.25, 0.3) is 0 Å². The Kier molecular flexibility index (Phi) is 4.81. The van der Waals surface area contributed by atoms with E-state index in [1.807, 2.05) is 58.0 Å². The van der Waals surface area contributed by atoms with E-state index in [-0.39, 0.29) is 6.03 Å². The van der Waals surface area contributed by atoms with Crippen molar-refractivity contribution in [2.75, 3.05) is 19.0 Å². The van der Waals surface area contributed by atoms with E-state index in [0.717, 1.165) is 28.3 Å². The summed E-state index contributed by atoms with van der Waals surface area (Å²) >= 11 is 0. The van der Waals surface area contributed by atoms with Gasteiger partial charge in [0.1, 0.15) is 17.1 Å². The van der Waals surface area contributed by atoms with Gasteiger partial charge in [-0.3, -0.25) is 0 Å². The molecule has 0 aliphatic carbocycles. The number of urea groups is 1. The molecule has 0 bridgehead atoms. The zero-order chi connectivity index (χ0) is 18.9. The number of methoxy groups -OCH3 is 1. The summed E-state index contributed by atoms with van der Waals surface area (Å²) in [5.41, 5.74) is 3.52. The fraction of sp³-hybridized carbons (Fsp3) is 0.381. The van der Waals surface area contributed by atoms with Gasteiger partial charge in [0.25, 0.3) is 0 Å². The zero-order valence-electron chi connectivity index (χ0n) is 16.1. The quantitative estimate of drug-likeness (QED) is 0.863. The molecule has 1 heterocycles. The van der Waals surface area contributed by atoms with Crippen LogP contribution in [0.15, 0.2) is 36.4 Å². The molecule has 0 fully saturated rings. The van der Waals surface area contributed by atoms with Crippen molar-refractivity contribution in [1.29, 1.82) is 0 Å². The summed E-state index contributed by atoms with van der Waals surface area (Å²) in [5.74, 6) is 1.50. The highest BCUT2D eigenvalue weighted by molar-refractivity contribution is 5.90. The lowest BCUT2D eigenvalue weighted by Crippen LogP contribution is -2.44. The number of aryl methyl sites for hydroxylation is 2. The second-order valence-corrected chi connectivity index (χ2v) is 7.44. The van der Waals surface area contributed by atoms with Gasteiger partial charge in [-0.25, -0.2) is 4.79 Å². The molecule has 0 aromatic heterocycles. The second-order valence-electron chi connectivity index (χ2n) is 7.44. The van der Waals surface area contributed by atoms with Crippen molar-refractivity contribution in [3.05, 3.63) is 53.1 Å². The normalized spacial score (nSPS) is 15.5. The molecular formula is C21H26N2O3. The van der Waals surface area contributed by atoms with Gasteiger partial charge in [-0.2, -0.15) is 0 Å². The zero-order valence-corrected chi connectivity index (χ0v) is 16.1. The maximum atomic E-state index is 12.9. The average molecular weight is 354 g/mol. The van der Waals surface area contributed by atoms with Crippen molar-refractivity contribution in [2.45, 2.75) is 39.8 Å². The van der Waals surface area contributed by atoms with Crippen LogP contribution in [0, 0.1) is 13.8 Å². The van der Waals surface area contributed by atoms with Gasteiger partial charge in [0.2, 0.25) is 0 Å². The van der Waals surface area contributed by atoms with Crippen LogP contribution in [-0.4, -0.2) is 30.2 Å². The van der Waals surface area contributed by atoms with Gasteiger partial charge in [0, 0.05) is 17.3 Å². The molecule has 1 N–H and O–H groups in total. The summed E-state index contributed by atoms with van der Waals surface area (Å²) in [6.07, 6.45) is 0. The SMILES string of the molecule is COc1ccc2c(c1)OC(C)(C)CN(C(=O)Nc1ccc(C)cc1C)C2. The summed E-state index contributed by atoms with van der Waals surface area (Å²) in [4.78, 5) is 14.7. The molecule has 0 radical (unpaired) electrons. The molecule has 2 amide bonds. The third-order valence-corrected chi connectivity index (χ3v) is 4.50. The van der Waals surface area contributed by atoms with Gasteiger partial charge in [0.15, 0.2) is 0 Å². The minimum Gasteiger partial charge on any atom is -0.497 e. The van der Waals surface area contributed by atoms with Crippen molar-refractivity contribution in [3.63, 3.8) is 0 Å². The third-order valence-electron chi connectivity index (χ3n) is 4.50. The van der Waals surface area contributed by atoms with E-state index in [0.29, 0.717) is 13.1 Å². The van der Waals surface area contributed by atoms with E-state index in [1.54, 1.807) is 12.0 Å². The third kappa shape index (κ3) is 3.93. The topological polar surface area (TPSA) is 50.8 Å². The minimum absolute atomic E-state index is 0.128. The predicted molar refractivity (Wildman–Crippen MR) is 103 cm³/mol. The van der Waals surface area contributed by atoms with Crippen LogP contribution in [0.4, 0.5) is 10.5 Å². The molecule has 2 aromatic carbocycles. The van der Waals surface area contributed by atoms with Crippen LogP contribution in [0.1, 0.15) is 30.5 Å². The van der Waals surface area contributed by atoms with Gasteiger partial charge in [-0.15, -0.1) is 0 Å². The fourth-order valence-electron chi connectivity index (χ4n) is 3.23. The highest BCUT2D eigenvalue weighted by atomic mass is 16.5. The molecule has 0 unspecified atom stereocenters. The molecule has 5 heteroatoms. The summed E-state index contributed by atoms with van der Waals surface area (Å²) in [7, 11) is 1.63. The van der Waals surface area contributed by atoms with Crippen molar-refractivity contribution >= 4 is 11.7 Å². The number of carbonyl (C=O) groups excluding carboxylic acids is 1. The maximum Gasteiger partial charge on any atom is 0.322 e. The van der Waals surface area contributed by atoms with Crippen LogP contribution in [0.3, 0.4) is 0 Å². The lowest BCUT2D eigenvalue weighted by molar-refractivity contribution is 0.0833. The molecule has 138 valence electrons. The van der Waals surface area contributed by atoms with Crippen molar-refractivity contribution in [1.82, 2.24) is 4.90 Å². The fourth-order valence-corrected chi connectivity index (χ4v) is 3.23. The molecule has 26 heavy (non-hydrogen) atoms. The smallest absolute Gasteiger partial charge is 0.322 e. The van der Waals surface area contributed by atoms with Crippen LogP contribution in [0.2, 0.25) is 0 Å². The number of ether oxygens (including phenoxy) is 2. The van der Waals surface area contributed by atoms with Gasteiger partial charge in [-0.05, 0) is 51.5 Å². The number of nitrogens with zero attached hydrogens (tertiary/aromatic N) is 1. The molecule has 0 atom stereocenters. The van der Waals surface area contributed by atoms with Crippen LogP contribution < -0.4 is 14.8 Å². The number of carbonyl (C=O) groups is 1. The largest absolute Gasteiger partial charge is 0.497 e. The Balaban J connectivity index is 1.85. The summed E-state index contributed by atoms with van der Waals surface area (Å²) in [6.45, 7) is 8.98. The number of benzene rings is 2. The highest BCUT2D eigenvalue weighted by Crippen LogP contribution is 2.33. The molecule has 0 spiro atoms. The van der Waals surface area contributed by atoms with E-state index in [4.69, 9.17) is 9.47 Å². The van der Waals surface area contributed by atoms with E-state index in [1.165, 1.54) is 5.56 Å². The van der Waals surface area contributed by atoms with Gasteiger partial charge < -0.3 is 19.7 Å². The first-order valence-electron chi connectivity index (χ1n) is 8.76. The number of hydrogen-bond donors (Lipinski definition) is 1. The monoisotopic (exact) mass is 354 g/mol. The molecule has 2 aromatic rings. The lowest BCUT2D eigenvalue weighted by Gasteiger charge is -2.29. The minimum atomic E-state index is -0.503. The summed E-state index contributed by atoms with van der Waals surface area (Å²) in [6, 6.07) is 11.6. The highest BCUT2D eigenvalue weighted by Gasteiger charge is 2.32. The molecule has 0 saturated carbocycles. The first-order chi connectivity index (χ1) is 12.3. The standard InChI is InChI=1S/C21H26N2O3/c1-14-6-9-18(15(2)10-14)22-20(24)23-12-16-7-8-17(25-5)11-19(16)26-21(3,4)13-23/h6-11H,12-13H2,1-5H3,(H,22,24). The van der Waals surface area contributed by atoms with Crippen molar-refractivity contribution in [3.8, 4) is 11.5 Å². The summed E-state index contributed by atoms with van der Waals surface area (Å²) in [5, 5.41) is 3.03. The first kappa shape index (κ1) is 18.1. The van der Waals surface area contributed by atoms with Crippen LogP contribution in [-0.2, 0) is 6.54 Å². The number of hydrogen-bond acceptors (Lipinski definition) is 3. The number of fused-ring (bicyclic) bond motifs is 1. The van der Waals surface area contributed by atoms with Crippen molar-refractivity contribution < 1.29 is 14.3 Å². The Labute approximate surface area is 154 Å². The summed E-state index contributed by atoms with van der Waals surface area (Å²) < 4.78 is 11.4. The van der Waals surface area contributed by atoms with E-state index >= 15 is 0 Å². The number of nitrogens with one attached hydrogen (secondary N) is 1. The Morgan fingerprint density at radius 1 is 1.19 bits per heavy atom. The van der Waals surface area contributed by atoms with Crippen LogP contribution in [0.5, 0.6) is 11.5 Å². The Morgan fingerprint density at radius 3 is 2.65 bits per heavy atom. The van der Waals surface area contributed by atoms with Gasteiger partial charge in [-0.1, -0.05) is 17.7 Å². The second kappa shape index (κ2) is 6.90. The molecule has 0 saturated heterocycles. The molecule has 5 nitrogen and oxygen atoms in total. The number of amides is 2. The lowest BCUT2D eigenvalue weighted by atomic mass is 10.1. The van der Waals surface area contributed by atoms with E-state index < -0.39 is 5.60 Å². The molecule has 3 rings (SSSR count). The number of anilines is 1. The molecule has 1 aliphatic rings.